The Balaban J connectivity index is 0.000000302. The third-order valence-corrected chi connectivity index (χ3v) is 4.83. The van der Waals surface area contributed by atoms with E-state index in [1.165, 1.54) is 11.1 Å². The molecule has 0 spiro atoms. The standard InChI is InChI=1S/C15H15NS2.C7H9N3.C6H5.Zn/c17-15(18)16(11-13-7-3-1-4-8-13)12-14-9-5-2-6-10-14;8-7(9)10-6-4-2-1-3-5-6;1-2-4-6-5-3-1;/h1-10H,11-12H2,(H,17,18);1-5H,(H4,8,9,10);1-5H;/q;;-1;+2/p-1. The van der Waals surface area contributed by atoms with Crippen molar-refractivity contribution in [3.8, 4) is 0 Å². The summed E-state index contributed by atoms with van der Waals surface area (Å²) in [5.74, 6) is 0.0891. The van der Waals surface area contributed by atoms with Crippen molar-refractivity contribution in [2.45, 2.75) is 13.1 Å². The van der Waals surface area contributed by atoms with E-state index >= 15 is 0 Å². The summed E-state index contributed by atoms with van der Waals surface area (Å²) in [5, 5.41) is 0. The van der Waals surface area contributed by atoms with E-state index in [-0.39, 0.29) is 25.4 Å². The minimum absolute atomic E-state index is 0. The minimum atomic E-state index is 0. The van der Waals surface area contributed by atoms with Crippen LogP contribution < -0.4 is 11.5 Å². The normalized spacial score (nSPS) is 9.03. The number of benzene rings is 4. The third-order valence-electron chi connectivity index (χ3n) is 4.31. The van der Waals surface area contributed by atoms with Gasteiger partial charge in [-0.05, 0) is 23.3 Å². The van der Waals surface area contributed by atoms with Crippen molar-refractivity contribution in [2.75, 3.05) is 0 Å². The predicted octanol–water partition coefficient (Wildman–Crippen LogP) is 5.60. The van der Waals surface area contributed by atoms with Gasteiger partial charge in [0.2, 0.25) is 0 Å². The van der Waals surface area contributed by atoms with Crippen molar-refractivity contribution in [3.05, 3.63) is 139 Å². The van der Waals surface area contributed by atoms with Crippen LogP contribution in [0, 0.1) is 6.07 Å². The van der Waals surface area contributed by atoms with Crippen LogP contribution >= 0.6 is 12.2 Å². The van der Waals surface area contributed by atoms with Gasteiger partial charge in [-0.3, -0.25) is 0 Å². The van der Waals surface area contributed by atoms with Crippen LogP contribution in [0.25, 0.3) is 0 Å². The fourth-order valence-electron chi connectivity index (χ4n) is 2.79. The van der Waals surface area contributed by atoms with Crippen LogP contribution in [0.5, 0.6) is 0 Å². The Kier molecular flexibility index (Phi) is 15.6. The first-order valence-electron chi connectivity index (χ1n) is 10.6. The summed E-state index contributed by atoms with van der Waals surface area (Å²) in [5.41, 5.74) is 13.5. The maximum absolute atomic E-state index is 5.16. The Morgan fingerprint density at radius 3 is 1.43 bits per heavy atom. The van der Waals surface area contributed by atoms with Gasteiger partial charge in [0.05, 0.1) is 5.69 Å². The molecule has 174 valence electrons. The summed E-state index contributed by atoms with van der Waals surface area (Å²) in [4.78, 5) is 5.87. The van der Waals surface area contributed by atoms with Crippen LogP contribution in [-0.4, -0.2) is 15.2 Å². The van der Waals surface area contributed by atoms with Gasteiger partial charge >= 0.3 is 19.5 Å². The summed E-state index contributed by atoms with van der Waals surface area (Å²) >= 11 is 10.3. The fraction of sp³-hybridized carbons (Fsp3) is 0.0714. The number of nitrogens with two attached hydrogens (primary N) is 2. The third kappa shape index (κ3) is 14.0. The number of rotatable bonds is 5. The van der Waals surface area contributed by atoms with Gasteiger partial charge in [-0.15, -0.1) is 0 Å². The molecule has 0 saturated carbocycles. The maximum Gasteiger partial charge on any atom is 2.00 e. The first-order chi connectivity index (χ1) is 16.5. The van der Waals surface area contributed by atoms with Gasteiger partial charge in [0.1, 0.15) is 0 Å². The van der Waals surface area contributed by atoms with Crippen molar-refractivity contribution in [3.63, 3.8) is 0 Å². The van der Waals surface area contributed by atoms with Gasteiger partial charge in [0.25, 0.3) is 0 Å². The number of guanidine groups is 1. The minimum Gasteiger partial charge on any atom is -0.411 e. The average molecular weight is 550 g/mol. The molecule has 0 saturated heterocycles. The summed E-state index contributed by atoms with van der Waals surface area (Å²) in [6, 6.07) is 42.3. The number of thiocarbonyl (C=S) groups is 1. The summed E-state index contributed by atoms with van der Waals surface area (Å²) in [7, 11) is 0. The zero-order valence-corrected chi connectivity index (χ0v) is 24.1. The molecule has 0 aliphatic carbocycles. The summed E-state index contributed by atoms with van der Waals surface area (Å²) in [6.07, 6.45) is 0. The van der Waals surface area contributed by atoms with Gasteiger partial charge in [0, 0.05) is 13.1 Å². The molecule has 35 heavy (non-hydrogen) atoms. The first-order valence-corrected chi connectivity index (χ1v) is 11.5. The Bertz CT molecular complexity index is 1020. The molecule has 4 aromatic carbocycles. The quantitative estimate of drug-likeness (QED) is 0.0847. The zero-order chi connectivity index (χ0) is 24.4. The number of aliphatic imine (C=N–C) groups is 1. The molecule has 0 amide bonds. The van der Waals surface area contributed by atoms with Crippen LogP contribution in [-0.2, 0) is 45.2 Å². The zero-order valence-electron chi connectivity index (χ0n) is 19.5. The van der Waals surface area contributed by atoms with Gasteiger partial charge < -0.3 is 41.2 Å². The van der Waals surface area contributed by atoms with Crippen molar-refractivity contribution in [1.29, 1.82) is 0 Å². The molecule has 4 nitrogen and oxygen atoms in total. The van der Waals surface area contributed by atoms with E-state index in [4.69, 9.17) is 36.3 Å². The van der Waals surface area contributed by atoms with Crippen molar-refractivity contribution < 1.29 is 19.5 Å². The molecule has 4 rings (SSSR count). The van der Waals surface area contributed by atoms with E-state index in [9.17, 15) is 0 Å². The molecular formula is C28H28N4S2Zn. The molecule has 0 heterocycles. The van der Waals surface area contributed by atoms with Crippen LogP contribution in [0.2, 0.25) is 0 Å². The van der Waals surface area contributed by atoms with E-state index in [0.717, 1.165) is 18.8 Å². The summed E-state index contributed by atoms with van der Waals surface area (Å²) in [6.45, 7) is 1.52. The molecular weight excluding hydrogens is 522 g/mol. The molecule has 7 heteroatoms. The Morgan fingerprint density at radius 1 is 0.714 bits per heavy atom. The van der Waals surface area contributed by atoms with E-state index in [2.05, 4.69) is 35.3 Å². The first kappa shape index (κ1) is 29.9. The molecule has 0 atom stereocenters. The van der Waals surface area contributed by atoms with Crippen LogP contribution in [0.1, 0.15) is 11.1 Å². The predicted molar refractivity (Wildman–Crippen MR) is 149 cm³/mol. The van der Waals surface area contributed by atoms with Crippen molar-refractivity contribution in [1.82, 2.24) is 4.90 Å². The SMILES string of the molecule is NC(N)=Nc1ccccc1.S=C([S-])N(Cc1ccccc1)Cc1ccccc1.[Zn+2].[c-]1ccccc1. The van der Waals surface area contributed by atoms with Crippen molar-refractivity contribution >= 4 is 40.8 Å². The molecule has 0 aliphatic rings. The van der Waals surface area contributed by atoms with Gasteiger partial charge in [-0.2, -0.15) is 36.4 Å². The van der Waals surface area contributed by atoms with Crippen LogP contribution in [0.15, 0.2) is 126 Å². The van der Waals surface area contributed by atoms with Crippen LogP contribution in [0.4, 0.5) is 5.69 Å². The van der Waals surface area contributed by atoms with Gasteiger partial charge in [0.15, 0.2) is 5.96 Å². The monoisotopic (exact) mass is 548 g/mol. The largest absolute Gasteiger partial charge is 2.00 e. The molecule has 0 aliphatic heterocycles. The molecule has 0 fully saturated rings. The fourth-order valence-corrected chi connectivity index (χ4v) is 3.04. The average Bonchev–Trinajstić information content (AvgIpc) is 2.87. The molecule has 0 unspecified atom stereocenters. The molecule has 4 N–H and O–H groups in total. The van der Waals surface area contributed by atoms with E-state index in [1.54, 1.807) is 0 Å². The molecule has 0 aromatic heterocycles. The van der Waals surface area contributed by atoms with Crippen molar-refractivity contribution in [2.24, 2.45) is 16.5 Å². The Labute approximate surface area is 232 Å². The second kappa shape index (κ2) is 18.2. The second-order valence-corrected chi connectivity index (χ2v) is 8.07. The Hall–Kier alpha value is -3.12. The molecule has 0 radical (unpaired) electrons. The van der Waals surface area contributed by atoms with E-state index in [0.29, 0.717) is 4.32 Å². The van der Waals surface area contributed by atoms with Gasteiger partial charge in [-0.1, -0.05) is 83.2 Å². The number of hydrogen-bond donors (Lipinski definition) is 2. The molecule has 0 bridgehead atoms. The van der Waals surface area contributed by atoms with Gasteiger partial charge in [-0.25, -0.2) is 4.99 Å². The molecule has 4 aromatic rings. The van der Waals surface area contributed by atoms with Crippen LogP contribution in [0.3, 0.4) is 0 Å². The smallest absolute Gasteiger partial charge is 0.411 e. The summed E-state index contributed by atoms with van der Waals surface area (Å²) < 4.78 is 0.516. The van der Waals surface area contributed by atoms with E-state index in [1.807, 2.05) is 102 Å². The maximum atomic E-state index is 5.16. The van der Waals surface area contributed by atoms with E-state index < -0.39 is 0 Å². The number of nitrogens with zero attached hydrogens (tertiary/aromatic N) is 2. The topological polar surface area (TPSA) is 67.6 Å². The number of para-hydroxylation sites is 1. The second-order valence-electron chi connectivity index (χ2n) is 7.04. The Morgan fingerprint density at radius 2 is 1.11 bits per heavy atom. The number of hydrogen-bond acceptors (Lipinski definition) is 3.